The van der Waals surface area contributed by atoms with Gasteiger partial charge in [-0.2, -0.15) is 0 Å². The van der Waals surface area contributed by atoms with Crippen molar-refractivity contribution in [2.75, 3.05) is 26.2 Å². The lowest BCUT2D eigenvalue weighted by Crippen LogP contribution is -2.54. The number of amides is 1. The summed E-state index contributed by atoms with van der Waals surface area (Å²) in [5, 5.41) is 6.96. The van der Waals surface area contributed by atoms with E-state index < -0.39 is 0 Å². The van der Waals surface area contributed by atoms with Crippen molar-refractivity contribution in [1.29, 1.82) is 0 Å². The van der Waals surface area contributed by atoms with Crippen molar-refractivity contribution in [2.45, 2.75) is 52.5 Å². The van der Waals surface area contributed by atoms with Gasteiger partial charge in [0.15, 0.2) is 0 Å². The quantitative estimate of drug-likeness (QED) is 0.855. The predicted octanol–water partition coefficient (Wildman–Crippen LogP) is 1.66. The Labute approximate surface area is 126 Å². The highest BCUT2D eigenvalue weighted by molar-refractivity contribution is 5.90. The smallest absolute Gasteiger partial charge is 0.293 e. The number of rotatable bonds is 1. The second-order valence-corrected chi connectivity index (χ2v) is 7.71. The predicted molar refractivity (Wildman–Crippen MR) is 82.3 cm³/mol. The first-order chi connectivity index (χ1) is 9.59. The second kappa shape index (κ2) is 5.40. The maximum absolute atomic E-state index is 12.5. The highest BCUT2D eigenvalue weighted by Gasteiger charge is 2.30. The monoisotopic (exact) mass is 293 g/mol. The average molecular weight is 293 g/mol. The number of aromatic amines is 1. The summed E-state index contributed by atoms with van der Waals surface area (Å²) < 4.78 is 0. The van der Waals surface area contributed by atoms with Crippen LogP contribution in [0.25, 0.3) is 0 Å². The summed E-state index contributed by atoms with van der Waals surface area (Å²) in [5.74, 6) is 0.957. The van der Waals surface area contributed by atoms with Crippen LogP contribution in [0.4, 0.5) is 0 Å². The molecule has 0 spiro atoms. The van der Waals surface area contributed by atoms with Crippen molar-refractivity contribution >= 4 is 5.91 Å². The lowest BCUT2D eigenvalue weighted by Gasteiger charge is -2.41. The minimum Gasteiger partial charge on any atom is -0.333 e. The number of hydrogen-bond acceptors (Lipinski definition) is 4. The normalized spacial score (nSPS) is 18.1. The van der Waals surface area contributed by atoms with E-state index in [1.54, 1.807) is 0 Å². The average Bonchev–Trinajstić information content (AvgIpc) is 2.86. The molecule has 1 saturated heterocycles. The number of H-pyrrole nitrogens is 1. The molecule has 1 aromatic heterocycles. The number of carbonyl (C=O) groups is 1. The summed E-state index contributed by atoms with van der Waals surface area (Å²) >= 11 is 0. The fraction of sp³-hybridized carbons (Fsp3) is 0.800. The topological polar surface area (TPSA) is 65.1 Å². The van der Waals surface area contributed by atoms with E-state index in [-0.39, 0.29) is 22.7 Å². The Balaban J connectivity index is 2.01. The van der Waals surface area contributed by atoms with Crippen molar-refractivity contribution in [1.82, 2.24) is 25.0 Å². The molecule has 0 radical (unpaired) electrons. The Kier molecular flexibility index (Phi) is 4.10. The van der Waals surface area contributed by atoms with Crippen molar-refractivity contribution in [3.63, 3.8) is 0 Å². The highest BCUT2D eigenvalue weighted by atomic mass is 16.2. The van der Waals surface area contributed by atoms with Gasteiger partial charge in [-0.1, -0.05) is 20.8 Å². The molecule has 1 aliphatic heterocycles. The summed E-state index contributed by atoms with van der Waals surface area (Å²) in [6.07, 6.45) is 0. The van der Waals surface area contributed by atoms with Crippen molar-refractivity contribution in [2.24, 2.45) is 0 Å². The van der Waals surface area contributed by atoms with Gasteiger partial charge in [-0.15, -0.1) is 5.10 Å². The summed E-state index contributed by atoms with van der Waals surface area (Å²) in [5.41, 5.74) is 0.0234. The summed E-state index contributed by atoms with van der Waals surface area (Å²) in [6, 6.07) is 0. The molecule has 2 heterocycles. The lowest BCUT2D eigenvalue weighted by atomic mass is 9.96. The molecule has 0 aromatic carbocycles. The van der Waals surface area contributed by atoms with Gasteiger partial charge in [-0.25, -0.2) is 4.98 Å². The van der Waals surface area contributed by atoms with E-state index in [0.717, 1.165) is 32.0 Å². The Bertz CT molecular complexity index is 501. The summed E-state index contributed by atoms with van der Waals surface area (Å²) in [4.78, 5) is 21.1. The van der Waals surface area contributed by atoms with Gasteiger partial charge < -0.3 is 4.90 Å². The molecular formula is C15H27N5O. The van der Waals surface area contributed by atoms with Crippen LogP contribution in [0.3, 0.4) is 0 Å². The third-order valence-corrected chi connectivity index (χ3v) is 3.90. The van der Waals surface area contributed by atoms with Crippen LogP contribution in [-0.4, -0.2) is 62.6 Å². The van der Waals surface area contributed by atoms with Crippen LogP contribution in [0, 0.1) is 0 Å². The minimum atomic E-state index is -0.129. The van der Waals surface area contributed by atoms with E-state index in [2.05, 4.69) is 40.9 Å². The molecule has 1 aliphatic rings. The molecule has 6 nitrogen and oxygen atoms in total. The van der Waals surface area contributed by atoms with Crippen molar-refractivity contribution in [3.05, 3.63) is 11.6 Å². The first kappa shape index (κ1) is 15.9. The largest absolute Gasteiger partial charge is 0.333 e. The first-order valence-corrected chi connectivity index (χ1v) is 7.56. The van der Waals surface area contributed by atoms with Crippen LogP contribution >= 0.6 is 0 Å². The number of nitrogens with zero attached hydrogens (tertiary/aromatic N) is 4. The van der Waals surface area contributed by atoms with Crippen LogP contribution < -0.4 is 0 Å². The molecule has 0 unspecified atom stereocenters. The van der Waals surface area contributed by atoms with Gasteiger partial charge in [-0.05, 0) is 20.8 Å². The highest BCUT2D eigenvalue weighted by Crippen LogP contribution is 2.19. The summed E-state index contributed by atoms with van der Waals surface area (Å²) in [7, 11) is 0. The van der Waals surface area contributed by atoms with Gasteiger partial charge in [0, 0.05) is 37.1 Å². The van der Waals surface area contributed by atoms with E-state index >= 15 is 0 Å². The first-order valence-electron chi connectivity index (χ1n) is 7.56. The van der Waals surface area contributed by atoms with Gasteiger partial charge in [-0.3, -0.25) is 14.8 Å². The Morgan fingerprint density at radius 1 is 1.05 bits per heavy atom. The number of carbonyl (C=O) groups excluding carboxylic acids is 1. The van der Waals surface area contributed by atoms with Gasteiger partial charge in [0.1, 0.15) is 5.82 Å². The molecule has 1 aromatic rings. The maximum Gasteiger partial charge on any atom is 0.293 e. The second-order valence-electron chi connectivity index (χ2n) is 7.71. The van der Waals surface area contributed by atoms with Crippen molar-refractivity contribution < 1.29 is 4.79 Å². The molecule has 2 rings (SSSR count). The number of aromatic nitrogens is 3. The maximum atomic E-state index is 12.5. The van der Waals surface area contributed by atoms with Gasteiger partial charge in [0.2, 0.25) is 5.82 Å². The van der Waals surface area contributed by atoms with Gasteiger partial charge >= 0.3 is 0 Å². The van der Waals surface area contributed by atoms with Gasteiger partial charge in [0.05, 0.1) is 0 Å². The molecule has 0 aliphatic carbocycles. The summed E-state index contributed by atoms with van der Waals surface area (Å²) in [6.45, 7) is 16.0. The van der Waals surface area contributed by atoms with Crippen LogP contribution in [0.1, 0.15) is 58.0 Å². The van der Waals surface area contributed by atoms with E-state index in [1.165, 1.54) is 0 Å². The Morgan fingerprint density at radius 3 is 2.05 bits per heavy atom. The van der Waals surface area contributed by atoms with E-state index in [9.17, 15) is 4.79 Å². The molecule has 1 amide bonds. The van der Waals surface area contributed by atoms with Crippen LogP contribution in [0.5, 0.6) is 0 Å². The minimum absolute atomic E-state index is 0.0738. The van der Waals surface area contributed by atoms with Crippen LogP contribution in [0.15, 0.2) is 0 Å². The van der Waals surface area contributed by atoms with E-state index in [0.29, 0.717) is 0 Å². The Hall–Kier alpha value is -1.43. The van der Waals surface area contributed by atoms with Crippen LogP contribution in [-0.2, 0) is 5.41 Å². The number of piperazine rings is 1. The molecule has 118 valence electrons. The lowest BCUT2D eigenvalue weighted by molar-refractivity contribution is 0.0442. The fourth-order valence-electron chi connectivity index (χ4n) is 2.41. The molecule has 21 heavy (non-hydrogen) atoms. The zero-order chi connectivity index (χ0) is 15.8. The third-order valence-electron chi connectivity index (χ3n) is 3.90. The zero-order valence-corrected chi connectivity index (χ0v) is 14.0. The van der Waals surface area contributed by atoms with Crippen molar-refractivity contribution in [3.8, 4) is 0 Å². The zero-order valence-electron chi connectivity index (χ0n) is 14.0. The van der Waals surface area contributed by atoms with Crippen LogP contribution in [0.2, 0.25) is 0 Å². The van der Waals surface area contributed by atoms with E-state index in [1.807, 2.05) is 25.7 Å². The molecule has 1 N–H and O–H groups in total. The Morgan fingerprint density at radius 2 is 1.62 bits per heavy atom. The third kappa shape index (κ3) is 3.61. The number of hydrogen-bond donors (Lipinski definition) is 1. The molecular weight excluding hydrogens is 266 g/mol. The molecule has 0 saturated carbocycles. The molecule has 6 heteroatoms. The van der Waals surface area contributed by atoms with Gasteiger partial charge in [0.25, 0.3) is 5.91 Å². The molecule has 0 bridgehead atoms. The number of nitrogens with one attached hydrogen (secondary N) is 1. The van der Waals surface area contributed by atoms with E-state index in [4.69, 9.17) is 0 Å². The standard InChI is InChI=1S/C15H27N5O/c1-14(2,3)13-16-11(17-18-13)12(21)19-7-9-20(10-8-19)15(4,5)6/h7-10H2,1-6H3,(H,16,17,18). The fourth-order valence-corrected chi connectivity index (χ4v) is 2.41. The SMILES string of the molecule is CC(C)(C)c1nc(C(=O)N2CCN(C(C)(C)C)CC2)n[nH]1. The molecule has 0 atom stereocenters. The molecule has 1 fully saturated rings.